The fraction of sp³-hybridized carbons (Fsp3) is 0.600. The van der Waals surface area contributed by atoms with Crippen LogP contribution in [-0.2, 0) is 4.74 Å². The van der Waals surface area contributed by atoms with Crippen LogP contribution in [0.4, 0.5) is 0 Å². The van der Waals surface area contributed by atoms with Gasteiger partial charge in [-0.3, -0.25) is 0 Å². The van der Waals surface area contributed by atoms with Crippen LogP contribution in [0.2, 0.25) is 0 Å². The van der Waals surface area contributed by atoms with Gasteiger partial charge in [0.2, 0.25) is 0 Å². The summed E-state index contributed by atoms with van der Waals surface area (Å²) in [5.74, 6) is 0.754. The molecule has 0 amide bonds. The van der Waals surface area contributed by atoms with E-state index in [0.717, 1.165) is 25.2 Å². The molecule has 1 aliphatic rings. The number of hydrogen-bond donors (Lipinski definition) is 1. The lowest BCUT2D eigenvalue weighted by molar-refractivity contribution is -0.0311. The van der Waals surface area contributed by atoms with Crippen molar-refractivity contribution >= 4 is 0 Å². The zero-order valence-corrected chi connectivity index (χ0v) is 10.9. The highest BCUT2D eigenvalue weighted by atomic mass is 16.5. The fourth-order valence-electron chi connectivity index (χ4n) is 2.75. The Morgan fingerprint density at radius 3 is 2.76 bits per heavy atom. The first-order chi connectivity index (χ1) is 8.09. The largest absolute Gasteiger partial charge is 0.388 e. The van der Waals surface area contributed by atoms with Crippen molar-refractivity contribution in [2.45, 2.75) is 33.3 Å². The lowest BCUT2D eigenvalue weighted by atomic mass is 9.81. The first-order valence-corrected chi connectivity index (χ1v) is 6.42. The zero-order valence-electron chi connectivity index (χ0n) is 10.9. The van der Waals surface area contributed by atoms with Gasteiger partial charge in [0.15, 0.2) is 0 Å². The van der Waals surface area contributed by atoms with Gasteiger partial charge in [0, 0.05) is 13.2 Å². The lowest BCUT2D eigenvalue weighted by Gasteiger charge is -2.33. The highest BCUT2D eigenvalue weighted by Crippen LogP contribution is 2.35. The Morgan fingerprint density at radius 1 is 1.35 bits per heavy atom. The van der Waals surface area contributed by atoms with Gasteiger partial charge in [0.05, 0.1) is 6.10 Å². The Bertz CT molecular complexity index is 387. The van der Waals surface area contributed by atoms with Crippen LogP contribution in [0.25, 0.3) is 0 Å². The van der Waals surface area contributed by atoms with Crippen LogP contribution in [0.1, 0.15) is 36.1 Å². The molecule has 1 fully saturated rings. The number of ether oxygens (including phenoxy) is 1. The molecule has 0 saturated carbocycles. The van der Waals surface area contributed by atoms with Gasteiger partial charge in [-0.05, 0) is 43.2 Å². The van der Waals surface area contributed by atoms with Crippen LogP contribution in [0.15, 0.2) is 18.2 Å². The third-order valence-electron chi connectivity index (χ3n) is 3.86. The molecule has 1 saturated heterocycles. The number of hydrogen-bond acceptors (Lipinski definition) is 2. The Kier molecular flexibility index (Phi) is 3.85. The van der Waals surface area contributed by atoms with Crippen LogP contribution in [0.5, 0.6) is 0 Å². The summed E-state index contributed by atoms with van der Waals surface area (Å²) in [6, 6.07) is 6.29. The van der Waals surface area contributed by atoms with Crippen molar-refractivity contribution in [2.75, 3.05) is 13.2 Å². The van der Waals surface area contributed by atoms with Gasteiger partial charge in [0.25, 0.3) is 0 Å². The predicted molar refractivity (Wildman–Crippen MR) is 69.0 cm³/mol. The molecule has 1 aliphatic heterocycles. The minimum Gasteiger partial charge on any atom is -0.388 e. The van der Waals surface area contributed by atoms with Crippen LogP contribution in [-0.4, -0.2) is 18.3 Å². The average molecular weight is 234 g/mol. The number of aliphatic hydroxyl groups is 1. The molecule has 94 valence electrons. The summed E-state index contributed by atoms with van der Waals surface area (Å²) in [5.41, 5.74) is 3.52. The van der Waals surface area contributed by atoms with Crippen LogP contribution >= 0.6 is 0 Å². The van der Waals surface area contributed by atoms with Crippen molar-refractivity contribution in [3.05, 3.63) is 34.9 Å². The number of benzene rings is 1. The van der Waals surface area contributed by atoms with Crippen molar-refractivity contribution in [1.29, 1.82) is 0 Å². The molecule has 1 heterocycles. The Labute approximate surface area is 104 Å². The van der Waals surface area contributed by atoms with Gasteiger partial charge < -0.3 is 9.84 Å². The van der Waals surface area contributed by atoms with Crippen molar-refractivity contribution in [2.24, 2.45) is 11.8 Å². The molecular formula is C15H22O2. The first kappa shape index (κ1) is 12.6. The maximum atomic E-state index is 10.5. The molecule has 0 radical (unpaired) electrons. The van der Waals surface area contributed by atoms with E-state index in [9.17, 15) is 5.11 Å². The molecule has 17 heavy (non-hydrogen) atoms. The number of aliphatic hydroxyl groups excluding tert-OH is 1. The molecule has 0 aromatic heterocycles. The normalized spacial score (nSPS) is 26.8. The van der Waals surface area contributed by atoms with Gasteiger partial charge in [-0.1, -0.05) is 30.7 Å². The van der Waals surface area contributed by atoms with Crippen molar-refractivity contribution < 1.29 is 9.84 Å². The second-order valence-electron chi connectivity index (χ2n) is 5.31. The molecule has 1 aromatic carbocycles. The zero-order chi connectivity index (χ0) is 12.4. The summed E-state index contributed by atoms with van der Waals surface area (Å²) in [6.45, 7) is 7.87. The molecule has 1 aromatic rings. The summed E-state index contributed by atoms with van der Waals surface area (Å²) in [5, 5.41) is 10.5. The minimum atomic E-state index is -0.352. The second-order valence-corrected chi connectivity index (χ2v) is 5.31. The standard InChI is InChI=1S/C15H22O2/c1-10-4-5-13(11(2)8-10)15(16)14-6-7-17-9-12(14)3/h4-5,8,12,14-16H,6-7,9H2,1-3H3. The Hall–Kier alpha value is -0.860. The number of rotatable bonds is 2. The van der Waals surface area contributed by atoms with Gasteiger partial charge in [-0.15, -0.1) is 0 Å². The molecule has 2 nitrogen and oxygen atoms in total. The first-order valence-electron chi connectivity index (χ1n) is 6.42. The molecule has 2 heteroatoms. The minimum absolute atomic E-state index is 0.324. The van der Waals surface area contributed by atoms with E-state index in [1.165, 1.54) is 11.1 Å². The molecule has 3 unspecified atom stereocenters. The van der Waals surface area contributed by atoms with Gasteiger partial charge in [-0.25, -0.2) is 0 Å². The summed E-state index contributed by atoms with van der Waals surface area (Å²) in [7, 11) is 0. The average Bonchev–Trinajstić information content (AvgIpc) is 2.29. The topological polar surface area (TPSA) is 29.5 Å². The third kappa shape index (κ3) is 2.70. The lowest BCUT2D eigenvalue weighted by Crippen LogP contribution is -2.30. The summed E-state index contributed by atoms with van der Waals surface area (Å²) >= 11 is 0. The summed E-state index contributed by atoms with van der Waals surface area (Å²) < 4.78 is 5.44. The van der Waals surface area contributed by atoms with Crippen LogP contribution in [0, 0.1) is 25.7 Å². The maximum Gasteiger partial charge on any atom is 0.0825 e. The fourth-order valence-corrected chi connectivity index (χ4v) is 2.75. The highest BCUT2D eigenvalue weighted by molar-refractivity contribution is 5.32. The molecular weight excluding hydrogens is 212 g/mol. The molecule has 0 aliphatic carbocycles. The monoisotopic (exact) mass is 234 g/mol. The molecule has 0 bridgehead atoms. The van der Waals surface area contributed by atoms with E-state index in [-0.39, 0.29) is 6.10 Å². The van der Waals surface area contributed by atoms with E-state index in [2.05, 4.69) is 39.0 Å². The van der Waals surface area contributed by atoms with Crippen molar-refractivity contribution in [3.8, 4) is 0 Å². The Balaban J connectivity index is 2.20. The van der Waals surface area contributed by atoms with E-state index in [0.29, 0.717) is 11.8 Å². The third-order valence-corrected chi connectivity index (χ3v) is 3.86. The van der Waals surface area contributed by atoms with Gasteiger partial charge >= 0.3 is 0 Å². The van der Waals surface area contributed by atoms with E-state index in [4.69, 9.17) is 4.74 Å². The molecule has 1 N–H and O–H groups in total. The van der Waals surface area contributed by atoms with E-state index < -0.39 is 0 Å². The second kappa shape index (κ2) is 5.19. The van der Waals surface area contributed by atoms with E-state index in [1.807, 2.05) is 0 Å². The maximum absolute atomic E-state index is 10.5. The van der Waals surface area contributed by atoms with Crippen molar-refractivity contribution in [1.82, 2.24) is 0 Å². The molecule has 0 spiro atoms. The van der Waals surface area contributed by atoms with Crippen LogP contribution in [0.3, 0.4) is 0 Å². The van der Waals surface area contributed by atoms with E-state index in [1.54, 1.807) is 0 Å². The highest BCUT2D eigenvalue weighted by Gasteiger charge is 2.30. The van der Waals surface area contributed by atoms with Gasteiger partial charge in [0.1, 0.15) is 0 Å². The van der Waals surface area contributed by atoms with E-state index >= 15 is 0 Å². The molecule has 3 atom stereocenters. The molecule has 2 rings (SSSR count). The quantitative estimate of drug-likeness (QED) is 0.852. The summed E-state index contributed by atoms with van der Waals surface area (Å²) in [6.07, 6.45) is 0.602. The summed E-state index contributed by atoms with van der Waals surface area (Å²) in [4.78, 5) is 0. The number of aryl methyl sites for hydroxylation is 2. The van der Waals surface area contributed by atoms with Crippen LogP contribution < -0.4 is 0 Å². The van der Waals surface area contributed by atoms with Crippen molar-refractivity contribution in [3.63, 3.8) is 0 Å². The SMILES string of the molecule is Cc1ccc(C(O)C2CCOCC2C)c(C)c1. The van der Waals surface area contributed by atoms with Gasteiger partial charge in [-0.2, -0.15) is 0 Å². The smallest absolute Gasteiger partial charge is 0.0825 e. The predicted octanol–water partition coefficient (Wildman–Crippen LogP) is 3.01. The Morgan fingerprint density at radius 2 is 2.12 bits per heavy atom.